The van der Waals surface area contributed by atoms with E-state index in [4.69, 9.17) is 9.47 Å². The van der Waals surface area contributed by atoms with Crippen LogP contribution in [0.3, 0.4) is 0 Å². The number of hydrogen-bond acceptors (Lipinski definition) is 6. The molecule has 8 nitrogen and oxygen atoms in total. The zero-order valence-corrected chi connectivity index (χ0v) is 19.5. The summed E-state index contributed by atoms with van der Waals surface area (Å²) in [6, 6.07) is 13.5. The van der Waals surface area contributed by atoms with Crippen LogP contribution in [0.2, 0.25) is 0 Å². The van der Waals surface area contributed by atoms with Crippen LogP contribution in [-0.2, 0) is 25.4 Å². The number of nitrogens with one attached hydrogen (secondary N) is 1. The van der Waals surface area contributed by atoms with Crippen LogP contribution < -0.4 is 15.7 Å². The van der Waals surface area contributed by atoms with Gasteiger partial charge in [-0.25, -0.2) is 4.79 Å². The minimum Gasteiger partial charge on any atom is -0.491 e. The minimum atomic E-state index is -0.780. The van der Waals surface area contributed by atoms with Crippen LogP contribution in [0, 0.1) is 0 Å². The van der Waals surface area contributed by atoms with Crippen molar-refractivity contribution in [2.45, 2.75) is 19.1 Å². The Morgan fingerprint density at radius 2 is 1.79 bits per heavy atom. The zero-order valence-electron chi connectivity index (χ0n) is 19.5. The summed E-state index contributed by atoms with van der Waals surface area (Å²) in [7, 11) is 3.48. The Morgan fingerprint density at radius 1 is 1.06 bits per heavy atom. The van der Waals surface area contributed by atoms with Gasteiger partial charge >= 0.3 is 5.69 Å². The Hall–Kier alpha value is -2.65. The molecule has 1 saturated heterocycles. The molecular weight excluding hydrogens is 420 g/mol. The van der Waals surface area contributed by atoms with E-state index in [-0.39, 0.29) is 12.3 Å². The first kappa shape index (κ1) is 23.5. The van der Waals surface area contributed by atoms with Crippen molar-refractivity contribution in [3.05, 3.63) is 64.1 Å². The van der Waals surface area contributed by atoms with Gasteiger partial charge in [0.15, 0.2) is 0 Å². The molecule has 1 aliphatic heterocycles. The quantitative estimate of drug-likeness (QED) is 0.455. The van der Waals surface area contributed by atoms with E-state index in [1.54, 1.807) is 23.2 Å². The van der Waals surface area contributed by atoms with Crippen LogP contribution in [0.1, 0.15) is 23.7 Å². The second kappa shape index (κ2) is 11.0. The molecule has 3 aromatic rings. The van der Waals surface area contributed by atoms with Gasteiger partial charge in [0.25, 0.3) is 0 Å². The molecule has 33 heavy (non-hydrogen) atoms. The number of imidazole rings is 1. The molecule has 178 valence electrons. The van der Waals surface area contributed by atoms with Crippen LogP contribution >= 0.6 is 0 Å². The summed E-state index contributed by atoms with van der Waals surface area (Å²) in [6.07, 6.45) is 0.347. The summed E-state index contributed by atoms with van der Waals surface area (Å²) < 4.78 is 14.4. The predicted octanol–water partition coefficient (Wildman–Crippen LogP) is 1.80. The van der Waals surface area contributed by atoms with Gasteiger partial charge in [-0.1, -0.05) is 18.2 Å². The molecule has 0 spiro atoms. The van der Waals surface area contributed by atoms with E-state index < -0.39 is 6.10 Å². The highest BCUT2D eigenvalue weighted by Crippen LogP contribution is 2.21. The molecule has 0 amide bonds. The standard InChI is InChI=1S/C25H34N4O4/c1-27-22-9-6-20(16-23(22)28(2)25(27)31)24(30)18-33-21-7-4-19(5-8-21)17-26-10-3-11-29-12-14-32-15-13-29/h4-9,16,24,26,30H,3,10-15,17-18H2,1-2H3/t24-/m1/s1. The first-order valence-corrected chi connectivity index (χ1v) is 11.6. The lowest BCUT2D eigenvalue weighted by atomic mass is 10.1. The Kier molecular flexibility index (Phi) is 7.82. The van der Waals surface area contributed by atoms with Gasteiger partial charge in [-0.2, -0.15) is 0 Å². The molecule has 4 rings (SSSR count). The van der Waals surface area contributed by atoms with Gasteiger partial charge in [-0.3, -0.25) is 14.0 Å². The van der Waals surface area contributed by atoms with E-state index in [1.165, 1.54) is 5.56 Å². The predicted molar refractivity (Wildman–Crippen MR) is 129 cm³/mol. The first-order valence-electron chi connectivity index (χ1n) is 11.6. The number of aryl methyl sites for hydroxylation is 2. The van der Waals surface area contributed by atoms with Gasteiger partial charge in [0.2, 0.25) is 0 Å². The molecule has 0 aliphatic carbocycles. The van der Waals surface area contributed by atoms with Crippen molar-refractivity contribution >= 4 is 11.0 Å². The summed E-state index contributed by atoms with van der Waals surface area (Å²) in [5.41, 5.74) is 3.47. The number of benzene rings is 2. The SMILES string of the molecule is Cn1c(=O)n(C)c2cc([C@H](O)COc3ccc(CNCCCN4CCOCC4)cc3)ccc21. The molecule has 0 saturated carbocycles. The summed E-state index contributed by atoms with van der Waals surface area (Å²) in [4.78, 5) is 14.5. The van der Waals surface area contributed by atoms with Crippen molar-refractivity contribution < 1.29 is 14.6 Å². The highest BCUT2D eigenvalue weighted by Gasteiger charge is 2.13. The number of hydrogen-bond donors (Lipinski definition) is 2. The normalized spacial score (nSPS) is 15.7. The second-order valence-electron chi connectivity index (χ2n) is 8.60. The van der Waals surface area contributed by atoms with Crippen LogP contribution in [0.15, 0.2) is 47.3 Å². The first-order chi connectivity index (χ1) is 16.0. The smallest absolute Gasteiger partial charge is 0.328 e. The maximum Gasteiger partial charge on any atom is 0.328 e. The zero-order chi connectivity index (χ0) is 23.2. The van der Waals surface area contributed by atoms with E-state index in [9.17, 15) is 9.90 Å². The van der Waals surface area contributed by atoms with Crippen molar-refractivity contribution in [1.29, 1.82) is 0 Å². The summed E-state index contributed by atoms with van der Waals surface area (Å²) in [5.74, 6) is 0.721. The van der Waals surface area contributed by atoms with Crippen molar-refractivity contribution in [2.24, 2.45) is 14.1 Å². The number of aromatic nitrogens is 2. The van der Waals surface area contributed by atoms with Crippen LogP contribution in [0.25, 0.3) is 11.0 Å². The van der Waals surface area contributed by atoms with E-state index >= 15 is 0 Å². The summed E-state index contributed by atoms with van der Waals surface area (Å²) in [5, 5.41) is 14.1. The number of aliphatic hydroxyl groups is 1. The number of fused-ring (bicyclic) bond motifs is 1. The third kappa shape index (κ3) is 5.83. The lowest BCUT2D eigenvalue weighted by Crippen LogP contribution is -2.37. The van der Waals surface area contributed by atoms with Crippen LogP contribution in [-0.4, -0.2) is 65.1 Å². The van der Waals surface area contributed by atoms with Crippen LogP contribution in [0.5, 0.6) is 5.75 Å². The number of rotatable bonds is 10. The number of nitrogens with zero attached hydrogens (tertiary/aromatic N) is 3. The van der Waals surface area contributed by atoms with E-state index in [0.29, 0.717) is 0 Å². The molecule has 0 radical (unpaired) electrons. The van der Waals surface area contributed by atoms with Crippen molar-refractivity contribution in [1.82, 2.24) is 19.4 Å². The van der Waals surface area contributed by atoms with Crippen molar-refractivity contribution in [3.8, 4) is 5.75 Å². The fourth-order valence-corrected chi connectivity index (χ4v) is 4.19. The number of aliphatic hydroxyl groups excluding tert-OH is 1. The molecule has 1 aliphatic rings. The molecule has 8 heteroatoms. The average molecular weight is 455 g/mol. The van der Waals surface area contributed by atoms with E-state index in [2.05, 4.69) is 10.2 Å². The Morgan fingerprint density at radius 3 is 2.55 bits per heavy atom. The Labute approximate surface area is 194 Å². The van der Waals surface area contributed by atoms with Gasteiger partial charge in [0.05, 0.1) is 24.2 Å². The minimum absolute atomic E-state index is 0.0837. The highest BCUT2D eigenvalue weighted by atomic mass is 16.5. The summed E-state index contributed by atoms with van der Waals surface area (Å²) >= 11 is 0. The van der Waals surface area contributed by atoms with Crippen molar-refractivity contribution in [2.75, 3.05) is 46.0 Å². The molecule has 2 heterocycles. The Bertz CT molecular complexity index is 1100. The maximum absolute atomic E-state index is 12.1. The largest absolute Gasteiger partial charge is 0.491 e. The molecule has 2 aromatic carbocycles. The van der Waals surface area contributed by atoms with Gasteiger partial charge in [0, 0.05) is 33.7 Å². The van der Waals surface area contributed by atoms with Crippen molar-refractivity contribution in [3.63, 3.8) is 0 Å². The van der Waals surface area contributed by atoms with E-state index in [1.807, 2.05) is 42.5 Å². The van der Waals surface area contributed by atoms with Gasteiger partial charge < -0.3 is 19.9 Å². The highest BCUT2D eigenvalue weighted by molar-refractivity contribution is 5.76. The second-order valence-corrected chi connectivity index (χ2v) is 8.60. The fraction of sp³-hybridized carbons (Fsp3) is 0.480. The fourth-order valence-electron chi connectivity index (χ4n) is 4.19. The third-order valence-corrected chi connectivity index (χ3v) is 6.27. The Balaban J connectivity index is 1.21. The number of morpholine rings is 1. The number of ether oxygens (including phenoxy) is 2. The van der Waals surface area contributed by atoms with Gasteiger partial charge in [-0.15, -0.1) is 0 Å². The monoisotopic (exact) mass is 454 g/mol. The lowest BCUT2D eigenvalue weighted by molar-refractivity contribution is 0.0374. The molecule has 1 aromatic heterocycles. The average Bonchev–Trinajstić information content (AvgIpc) is 3.07. The maximum atomic E-state index is 12.1. The van der Waals surface area contributed by atoms with Gasteiger partial charge in [-0.05, 0) is 54.9 Å². The van der Waals surface area contributed by atoms with E-state index in [0.717, 1.165) is 74.7 Å². The van der Waals surface area contributed by atoms with Gasteiger partial charge in [0.1, 0.15) is 18.5 Å². The lowest BCUT2D eigenvalue weighted by Gasteiger charge is -2.26. The molecule has 0 bridgehead atoms. The molecule has 1 fully saturated rings. The molecule has 1 atom stereocenters. The summed E-state index contributed by atoms with van der Waals surface area (Å²) in [6.45, 7) is 6.84. The molecule has 0 unspecified atom stereocenters. The third-order valence-electron chi connectivity index (χ3n) is 6.27. The molecular formula is C25H34N4O4. The molecule has 2 N–H and O–H groups in total. The van der Waals surface area contributed by atoms with Crippen LogP contribution in [0.4, 0.5) is 0 Å². The topological polar surface area (TPSA) is 80.9 Å².